The number of rotatable bonds is 8. The number of aromatic nitrogens is 1. The number of methoxy groups -OCH3 is 2. The lowest BCUT2D eigenvalue weighted by atomic mass is 9.98. The number of carbonyl (C=O) groups excluding carboxylic acids is 3. The molecule has 1 aliphatic rings. The van der Waals surface area contributed by atoms with Crippen LogP contribution in [0.25, 0.3) is 10.9 Å². The lowest BCUT2D eigenvalue weighted by molar-refractivity contribution is -0.130. The number of ketones is 1. The van der Waals surface area contributed by atoms with Gasteiger partial charge in [-0.1, -0.05) is 36.4 Å². The number of amides is 2. The normalized spacial score (nSPS) is 15.6. The SMILES string of the molecule is COc1cccc(C(=O)C(C(=O)N(C)C)n2cc(C3CCN(C(=O)c4cccc(OC)c4)C3)c3ccccc32)c1. The average molecular weight is 540 g/mol. The summed E-state index contributed by atoms with van der Waals surface area (Å²) in [5.74, 6) is 0.572. The van der Waals surface area contributed by atoms with Gasteiger partial charge in [0.05, 0.1) is 14.2 Å². The van der Waals surface area contributed by atoms with Crippen LogP contribution >= 0.6 is 0 Å². The molecule has 2 unspecified atom stereocenters. The second-order valence-corrected chi connectivity index (χ2v) is 10.2. The van der Waals surface area contributed by atoms with Crippen LogP contribution in [0.3, 0.4) is 0 Å². The summed E-state index contributed by atoms with van der Waals surface area (Å²) in [5, 5.41) is 0.971. The Labute approximate surface area is 233 Å². The molecule has 2 heterocycles. The van der Waals surface area contributed by atoms with Crippen molar-refractivity contribution in [2.45, 2.75) is 18.4 Å². The van der Waals surface area contributed by atoms with E-state index in [0.29, 0.717) is 35.7 Å². The standard InChI is InChI=1S/C32H33N3O5/c1-33(2)32(38)29(30(36)21-9-7-11-24(17-21)39-3)35-20-27(26-13-5-6-14-28(26)35)23-15-16-34(19-23)31(37)22-10-8-12-25(18-22)40-4/h5-14,17-18,20,23,29H,15-16,19H2,1-4H3. The van der Waals surface area contributed by atoms with Crippen molar-refractivity contribution < 1.29 is 23.9 Å². The van der Waals surface area contributed by atoms with Crippen molar-refractivity contribution in [3.05, 3.63) is 95.7 Å². The first kappa shape index (κ1) is 27.0. The molecule has 40 heavy (non-hydrogen) atoms. The van der Waals surface area contributed by atoms with E-state index in [1.54, 1.807) is 69.3 Å². The Morgan fingerprint density at radius 3 is 2.20 bits per heavy atom. The smallest absolute Gasteiger partial charge is 0.254 e. The van der Waals surface area contributed by atoms with Gasteiger partial charge >= 0.3 is 0 Å². The maximum atomic E-state index is 13.9. The van der Waals surface area contributed by atoms with Crippen LogP contribution in [0.2, 0.25) is 0 Å². The molecule has 2 atom stereocenters. The molecule has 1 saturated heterocycles. The quantitative estimate of drug-likeness (QED) is 0.237. The predicted molar refractivity (Wildman–Crippen MR) is 153 cm³/mol. The molecule has 206 valence electrons. The summed E-state index contributed by atoms with van der Waals surface area (Å²) in [6, 6.07) is 20.8. The number of benzene rings is 3. The van der Waals surface area contributed by atoms with Crippen molar-refractivity contribution in [1.82, 2.24) is 14.4 Å². The number of Topliss-reactive ketones (excluding diaryl/α,β-unsaturated/α-hetero) is 1. The van der Waals surface area contributed by atoms with E-state index in [1.165, 1.54) is 4.90 Å². The lowest BCUT2D eigenvalue weighted by Crippen LogP contribution is -2.36. The van der Waals surface area contributed by atoms with Gasteiger partial charge in [-0.05, 0) is 48.4 Å². The van der Waals surface area contributed by atoms with Crippen molar-refractivity contribution in [2.24, 2.45) is 0 Å². The van der Waals surface area contributed by atoms with Crippen LogP contribution in [0, 0.1) is 0 Å². The molecular weight excluding hydrogens is 506 g/mol. The van der Waals surface area contributed by atoms with Gasteiger partial charge in [0.15, 0.2) is 11.8 Å². The van der Waals surface area contributed by atoms with E-state index in [9.17, 15) is 14.4 Å². The Bertz CT molecular complexity index is 1570. The van der Waals surface area contributed by atoms with E-state index in [-0.39, 0.29) is 23.5 Å². The van der Waals surface area contributed by atoms with Crippen molar-refractivity contribution in [1.29, 1.82) is 0 Å². The monoisotopic (exact) mass is 539 g/mol. The summed E-state index contributed by atoms with van der Waals surface area (Å²) < 4.78 is 12.4. The first-order chi connectivity index (χ1) is 19.3. The van der Waals surface area contributed by atoms with Crippen LogP contribution in [-0.2, 0) is 4.79 Å². The zero-order chi connectivity index (χ0) is 28.4. The van der Waals surface area contributed by atoms with Gasteiger partial charge in [0.25, 0.3) is 11.8 Å². The Morgan fingerprint density at radius 2 is 1.52 bits per heavy atom. The fourth-order valence-electron chi connectivity index (χ4n) is 5.44. The maximum Gasteiger partial charge on any atom is 0.254 e. The molecule has 0 saturated carbocycles. The molecule has 8 heteroatoms. The van der Waals surface area contributed by atoms with Gasteiger partial charge < -0.3 is 23.8 Å². The Kier molecular flexibility index (Phi) is 7.60. The molecular formula is C32H33N3O5. The lowest BCUT2D eigenvalue weighted by Gasteiger charge is -2.22. The topological polar surface area (TPSA) is 81.1 Å². The van der Waals surface area contributed by atoms with Gasteiger partial charge in [-0.25, -0.2) is 0 Å². The molecule has 1 aliphatic heterocycles. The van der Waals surface area contributed by atoms with Gasteiger partial charge in [0, 0.05) is 61.3 Å². The third-order valence-electron chi connectivity index (χ3n) is 7.56. The summed E-state index contributed by atoms with van der Waals surface area (Å²) in [6.07, 6.45) is 2.71. The minimum absolute atomic E-state index is 0.0426. The van der Waals surface area contributed by atoms with Gasteiger partial charge in [-0.2, -0.15) is 0 Å². The molecule has 4 aromatic rings. The summed E-state index contributed by atoms with van der Waals surface area (Å²) in [4.78, 5) is 44.0. The minimum atomic E-state index is -1.09. The molecule has 1 aromatic heterocycles. The molecule has 8 nitrogen and oxygen atoms in total. The second-order valence-electron chi connectivity index (χ2n) is 10.2. The highest BCUT2D eigenvalue weighted by Gasteiger charge is 2.35. The van der Waals surface area contributed by atoms with Crippen molar-refractivity contribution in [3.8, 4) is 11.5 Å². The molecule has 0 radical (unpaired) electrons. The largest absolute Gasteiger partial charge is 0.497 e. The van der Waals surface area contributed by atoms with Gasteiger partial charge in [0.2, 0.25) is 0 Å². The van der Waals surface area contributed by atoms with Crippen molar-refractivity contribution >= 4 is 28.5 Å². The van der Waals surface area contributed by atoms with Crippen molar-refractivity contribution in [2.75, 3.05) is 41.4 Å². The van der Waals surface area contributed by atoms with Crippen LogP contribution < -0.4 is 9.47 Å². The number of para-hydroxylation sites is 1. The Balaban J connectivity index is 1.51. The van der Waals surface area contributed by atoms with E-state index >= 15 is 0 Å². The highest BCUT2D eigenvalue weighted by Crippen LogP contribution is 2.37. The van der Waals surface area contributed by atoms with E-state index < -0.39 is 6.04 Å². The number of carbonyl (C=O) groups is 3. The number of hydrogen-bond donors (Lipinski definition) is 0. The Morgan fingerprint density at radius 1 is 0.875 bits per heavy atom. The number of likely N-dealkylation sites (N-methyl/N-ethyl adjacent to an activating group) is 1. The van der Waals surface area contributed by atoms with Crippen LogP contribution in [0.5, 0.6) is 11.5 Å². The summed E-state index contributed by atoms with van der Waals surface area (Å²) in [7, 11) is 6.43. The highest BCUT2D eigenvalue weighted by molar-refractivity contribution is 6.12. The molecule has 0 aliphatic carbocycles. The van der Waals surface area contributed by atoms with Crippen molar-refractivity contribution in [3.63, 3.8) is 0 Å². The van der Waals surface area contributed by atoms with Crippen LogP contribution in [-0.4, -0.2) is 73.4 Å². The van der Waals surface area contributed by atoms with E-state index in [0.717, 1.165) is 22.9 Å². The maximum absolute atomic E-state index is 13.9. The molecule has 5 rings (SSSR count). The average Bonchev–Trinajstić information content (AvgIpc) is 3.62. The van der Waals surface area contributed by atoms with Gasteiger partial charge in [0.1, 0.15) is 11.5 Å². The fraction of sp³-hybridized carbons (Fsp3) is 0.281. The Hall–Kier alpha value is -4.59. The summed E-state index contributed by atoms with van der Waals surface area (Å²) in [5.41, 5.74) is 2.80. The van der Waals surface area contributed by atoms with E-state index in [1.807, 2.05) is 47.5 Å². The van der Waals surface area contributed by atoms with Crippen LogP contribution in [0.1, 0.15) is 44.7 Å². The number of likely N-dealkylation sites (tertiary alicyclic amines) is 1. The molecule has 2 amide bonds. The van der Waals surface area contributed by atoms with E-state index in [4.69, 9.17) is 9.47 Å². The molecule has 1 fully saturated rings. The van der Waals surface area contributed by atoms with Gasteiger partial charge in [-0.15, -0.1) is 0 Å². The highest BCUT2D eigenvalue weighted by atomic mass is 16.5. The third kappa shape index (κ3) is 5.04. The van der Waals surface area contributed by atoms with Crippen LogP contribution in [0.4, 0.5) is 0 Å². The minimum Gasteiger partial charge on any atom is -0.497 e. The summed E-state index contributed by atoms with van der Waals surface area (Å²) in [6.45, 7) is 1.16. The zero-order valence-electron chi connectivity index (χ0n) is 23.2. The fourth-order valence-corrected chi connectivity index (χ4v) is 5.44. The first-order valence-corrected chi connectivity index (χ1v) is 13.2. The number of nitrogens with zero attached hydrogens (tertiary/aromatic N) is 3. The molecule has 3 aromatic carbocycles. The third-order valence-corrected chi connectivity index (χ3v) is 7.56. The van der Waals surface area contributed by atoms with Crippen LogP contribution in [0.15, 0.2) is 79.0 Å². The zero-order valence-corrected chi connectivity index (χ0v) is 23.2. The first-order valence-electron chi connectivity index (χ1n) is 13.2. The summed E-state index contributed by atoms with van der Waals surface area (Å²) >= 11 is 0. The number of hydrogen-bond acceptors (Lipinski definition) is 5. The number of fused-ring (bicyclic) bond motifs is 1. The second kappa shape index (κ2) is 11.3. The molecule has 0 N–H and O–H groups in total. The van der Waals surface area contributed by atoms with Gasteiger partial charge in [-0.3, -0.25) is 14.4 Å². The number of ether oxygens (including phenoxy) is 2. The molecule has 0 spiro atoms. The van der Waals surface area contributed by atoms with E-state index in [2.05, 4.69) is 0 Å². The molecule has 0 bridgehead atoms. The predicted octanol–water partition coefficient (Wildman–Crippen LogP) is 4.80.